The maximum absolute atomic E-state index is 5.55. The van der Waals surface area contributed by atoms with Gasteiger partial charge in [0.15, 0.2) is 4.96 Å². The minimum atomic E-state index is 0.757. The Kier molecular flexibility index (Phi) is 0.873. The Morgan fingerprint density at radius 2 is 2.56 bits per heavy atom. The van der Waals surface area contributed by atoms with Crippen molar-refractivity contribution in [2.24, 2.45) is 0 Å². The van der Waals surface area contributed by atoms with Gasteiger partial charge in [-0.1, -0.05) is 0 Å². The van der Waals surface area contributed by atoms with Gasteiger partial charge in [-0.2, -0.15) is 0 Å². The van der Waals surface area contributed by atoms with E-state index in [9.17, 15) is 0 Å². The average molecular weight is 136 g/mol. The van der Waals surface area contributed by atoms with Crippen LogP contribution in [0, 0.1) is 6.92 Å². The smallest absolute Gasteiger partial charge is 0.193 e. The monoisotopic (exact) mass is 136 g/mol. The summed E-state index contributed by atoms with van der Waals surface area (Å²) >= 11 is 1.55. The lowest BCUT2D eigenvalue weighted by molar-refractivity contribution is 1.18. The normalized spacial score (nSPS) is 10.8. The van der Waals surface area contributed by atoms with Crippen LogP contribution in [0.2, 0.25) is 0 Å². The molecule has 44 valence electrons. The highest BCUT2D eigenvalue weighted by atomic mass is 32.1. The SMILES string of the molecule is [CH]c1csc2nccn12. The molecule has 9 heavy (non-hydrogen) atoms. The Labute approximate surface area is 56.8 Å². The molecule has 2 rings (SSSR count). The third kappa shape index (κ3) is 0.580. The van der Waals surface area contributed by atoms with Gasteiger partial charge in [-0.15, -0.1) is 11.3 Å². The minimum absolute atomic E-state index is 0.757. The minimum Gasteiger partial charge on any atom is -0.294 e. The molecule has 0 saturated carbocycles. The summed E-state index contributed by atoms with van der Waals surface area (Å²) in [5.41, 5.74) is 0.757. The van der Waals surface area contributed by atoms with E-state index in [2.05, 4.69) is 4.98 Å². The van der Waals surface area contributed by atoms with Crippen molar-refractivity contribution in [2.75, 3.05) is 0 Å². The highest BCUT2D eigenvalue weighted by Crippen LogP contribution is 2.12. The van der Waals surface area contributed by atoms with Crippen molar-refractivity contribution < 1.29 is 0 Å². The third-order valence-electron chi connectivity index (χ3n) is 1.17. The quantitative estimate of drug-likeness (QED) is 0.536. The number of rotatable bonds is 0. The molecule has 3 heteroatoms. The van der Waals surface area contributed by atoms with E-state index in [1.54, 1.807) is 17.5 Å². The molecule has 0 fully saturated rings. The van der Waals surface area contributed by atoms with Gasteiger partial charge in [-0.3, -0.25) is 4.40 Å². The van der Waals surface area contributed by atoms with Crippen LogP contribution in [0.1, 0.15) is 5.69 Å². The van der Waals surface area contributed by atoms with Crippen molar-refractivity contribution in [3.05, 3.63) is 30.4 Å². The Balaban J connectivity index is 2.99. The van der Waals surface area contributed by atoms with Crippen LogP contribution >= 0.6 is 11.3 Å². The lowest BCUT2D eigenvalue weighted by Crippen LogP contribution is -1.76. The van der Waals surface area contributed by atoms with Gasteiger partial charge in [0.05, 0.1) is 0 Å². The highest BCUT2D eigenvalue weighted by molar-refractivity contribution is 7.15. The number of fused-ring (bicyclic) bond motifs is 1. The van der Waals surface area contributed by atoms with Gasteiger partial charge in [0.2, 0.25) is 0 Å². The second-order valence-electron chi connectivity index (χ2n) is 1.74. The molecule has 2 aromatic rings. The molecular formula is C6H4N2S. The second-order valence-corrected chi connectivity index (χ2v) is 2.58. The summed E-state index contributed by atoms with van der Waals surface area (Å²) in [6, 6.07) is 0. The van der Waals surface area contributed by atoms with E-state index in [0.717, 1.165) is 10.7 Å². The largest absolute Gasteiger partial charge is 0.294 e. The van der Waals surface area contributed by atoms with E-state index >= 15 is 0 Å². The number of imidazole rings is 1. The standard InChI is InChI=1S/C6H4N2S/c1-5-4-9-6-7-2-3-8(5)6/h1-4H. The average Bonchev–Trinajstić information content (AvgIpc) is 2.35. The molecule has 2 heterocycles. The number of nitrogens with zero attached hydrogens (tertiary/aromatic N) is 2. The van der Waals surface area contributed by atoms with Crippen molar-refractivity contribution in [2.45, 2.75) is 0 Å². The van der Waals surface area contributed by atoms with Crippen molar-refractivity contribution in [1.82, 2.24) is 9.38 Å². The molecular weight excluding hydrogens is 132 g/mol. The third-order valence-corrected chi connectivity index (χ3v) is 2.04. The molecule has 0 aromatic carbocycles. The van der Waals surface area contributed by atoms with Crippen LogP contribution in [0.25, 0.3) is 4.96 Å². The molecule has 0 bridgehead atoms. The molecule has 0 aliphatic rings. The first-order valence-electron chi connectivity index (χ1n) is 2.54. The van der Waals surface area contributed by atoms with Crippen LogP contribution in [0.5, 0.6) is 0 Å². The molecule has 2 nitrogen and oxygen atoms in total. The predicted octanol–water partition coefficient (Wildman–Crippen LogP) is 1.45. The maximum Gasteiger partial charge on any atom is 0.193 e. The predicted molar refractivity (Wildman–Crippen MR) is 36.5 cm³/mol. The second kappa shape index (κ2) is 1.57. The first kappa shape index (κ1) is 4.99. The van der Waals surface area contributed by atoms with E-state index in [0.29, 0.717) is 0 Å². The van der Waals surface area contributed by atoms with E-state index < -0.39 is 0 Å². The van der Waals surface area contributed by atoms with Crippen LogP contribution in [-0.4, -0.2) is 9.38 Å². The van der Waals surface area contributed by atoms with Crippen LogP contribution in [0.3, 0.4) is 0 Å². The summed E-state index contributed by atoms with van der Waals surface area (Å²) in [5.74, 6) is 0. The fraction of sp³-hybridized carbons (Fsp3) is 0. The van der Waals surface area contributed by atoms with Gasteiger partial charge >= 0.3 is 0 Å². The molecule has 0 aliphatic heterocycles. The van der Waals surface area contributed by atoms with Crippen molar-refractivity contribution in [3.8, 4) is 0 Å². The van der Waals surface area contributed by atoms with Gasteiger partial charge in [-0.25, -0.2) is 4.98 Å². The molecule has 0 unspecified atom stereocenters. The topological polar surface area (TPSA) is 17.3 Å². The molecule has 2 aromatic heterocycles. The first-order valence-corrected chi connectivity index (χ1v) is 3.42. The summed E-state index contributed by atoms with van der Waals surface area (Å²) < 4.78 is 1.85. The molecule has 0 aliphatic carbocycles. The molecule has 0 atom stereocenters. The summed E-state index contributed by atoms with van der Waals surface area (Å²) in [4.78, 5) is 4.99. The Bertz CT molecular complexity index is 320. The van der Waals surface area contributed by atoms with Crippen molar-refractivity contribution in [1.29, 1.82) is 0 Å². The van der Waals surface area contributed by atoms with Gasteiger partial charge in [0.1, 0.15) is 0 Å². The zero-order valence-electron chi connectivity index (χ0n) is 4.61. The molecule has 0 N–H and O–H groups in total. The molecule has 0 spiro atoms. The number of hydrogen-bond donors (Lipinski definition) is 0. The molecule has 0 amide bonds. The number of hydrogen-bond acceptors (Lipinski definition) is 2. The maximum atomic E-state index is 5.55. The lowest BCUT2D eigenvalue weighted by Gasteiger charge is -1.81. The van der Waals surface area contributed by atoms with Gasteiger partial charge in [0, 0.05) is 30.4 Å². The Morgan fingerprint density at radius 3 is 3.33 bits per heavy atom. The van der Waals surface area contributed by atoms with E-state index in [4.69, 9.17) is 6.92 Å². The Morgan fingerprint density at radius 1 is 1.67 bits per heavy atom. The lowest BCUT2D eigenvalue weighted by atomic mass is 10.6. The summed E-state index contributed by atoms with van der Waals surface area (Å²) in [6.07, 6.45) is 3.59. The highest BCUT2D eigenvalue weighted by Gasteiger charge is 1.96. The first-order chi connectivity index (χ1) is 4.38. The van der Waals surface area contributed by atoms with Gasteiger partial charge in [0.25, 0.3) is 0 Å². The van der Waals surface area contributed by atoms with Crippen molar-refractivity contribution >= 4 is 16.3 Å². The van der Waals surface area contributed by atoms with Crippen molar-refractivity contribution in [3.63, 3.8) is 0 Å². The number of aromatic nitrogens is 2. The fourth-order valence-corrected chi connectivity index (χ4v) is 1.48. The van der Waals surface area contributed by atoms with Crippen LogP contribution in [-0.2, 0) is 0 Å². The van der Waals surface area contributed by atoms with E-state index in [1.165, 1.54) is 0 Å². The number of thiazole rings is 1. The Hall–Kier alpha value is -0.830. The van der Waals surface area contributed by atoms with Crippen LogP contribution in [0.4, 0.5) is 0 Å². The zero-order chi connectivity index (χ0) is 6.27. The van der Waals surface area contributed by atoms with Crippen LogP contribution < -0.4 is 0 Å². The van der Waals surface area contributed by atoms with Gasteiger partial charge < -0.3 is 0 Å². The fourth-order valence-electron chi connectivity index (χ4n) is 0.743. The van der Waals surface area contributed by atoms with Gasteiger partial charge in [-0.05, 0) is 0 Å². The summed E-state index contributed by atoms with van der Waals surface area (Å²) in [7, 11) is 0. The van der Waals surface area contributed by atoms with Crippen LogP contribution in [0.15, 0.2) is 17.8 Å². The van der Waals surface area contributed by atoms with E-state index in [1.807, 2.05) is 16.0 Å². The summed E-state index contributed by atoms with van der Waals surface area (Å²) in [6.45, 7) is 5.55. The van der Waals surface area contributed by atoms with E-state index in [-0.39, 0.29) is 0 Å². The zero-order valence-corrected chi connectivity index (χ0v) is 5.43. The molecule has 2 radical (unpaired) electrons. The molecule has 0 saturated heterocycles. The summed E-state index contributed by atoms with van der Waals surface area (Å²) in [5, 5.41) is 1.88.